The van der Waals surface area contributed by atoms with Crippen LogP contribution in [0, 0.1) is 0 Å². The molecule has 1 fully saturated rings. The molecule has 140 valence electrons. The number of halogens is 1. The summed E-state index contributed by atoms with van der Waals surface area (Å²) in [5.74, 6) is -0.0282. The zero-order chi connectivity index (χ0) is 18.8. The fourth-order valence-corrected chi connectivity index (χ4v) is 5.14. The first-order chi connectivity index (χ1) is 13.1. The Balaban J connectivity index is 1.71. The Bertz CT molecular complexity index is 970. The summed E-state index contributed by atoms with van der Waals surface area (Å²) in [6.45, 7) is 1.30. The summed E-state index contributed by atoms with van der Waals surface area (Å²) in [7, 11) is 0. The number of amides is 1. The highest BCUT2D eigenvalue weighted by molar-refractivity contribution is 9.10. The van der Waals surface area contributed by atoms with Crippen LogP contribution in [0.15, 0.2) is 51.8 Å². The van der Waals surface area contributed by atoms with E-state index < -0.39 is 0 Å². The first kappa shape index (κ1) is 18.9. The van der Waals surface area contributed by atoms with Crippen molar-refractivity contribution >= 4 is 60.3 Å². The number of carbonyl (C=O) groups is 1. The van der Waals surface area contributed by atoms with Crippen molar-refractivity contribution in [3.8, 4) is 0 Å². The number of aromatic nitrogens is 1. The zero-order valence-electron chi connectivity index (χ0n) is 14.9. The van der Waals surface area contributed by atoms with Gasteiger partial charge in [0.05, 0.1) is 22.9 Å². The van der Waals surface area contributed by atoms with E-state index in [2.05, 4.69) is 15.9 Å². The molecule has 3 aromatic rings. The molecule has 0 N–H and O–H groups in total. The fraction of sp³-hybridized carbons (Fsp3) is 0.300. The number of hydrogen-bond donors (Lipinski definition) is 0. The third-order valence-corrected chi connectivity index (χ3v) is 6.80. The Hall–Kier alpha value is -1.41. The lowest BCUT2D eigenvalue weighted by atomic mass is 10.2. The minimum absolute atomic E-state index is 0.0282. The van der Waals surface area contributed by atoms with Crippen molar-refractivity contribution in [1.29, 1.82) is 0 Å². The van der Waals surface area contributed by atoms with E-state index in [4.69, 9.17) is 9.72 Å². The zero-order valence-corrected chi connectivity index (χ0v) is 18.1. The lowest BCUT2D eigenvalue weighted by Crippen LogP contribution is -2.37. The maximum absolute atomic E-state index is 13.4. The molecule has 1 amide bonds. The molecule has 2 aromatic carbocycles. The maximum atomic E-state index is 13.4. The van der Waals surface area contributed by atoms with E-state index in [0.717, 1.165) is 44.2 Å². The number of benzene rings is 2. The van der Waals surface area contributed by atoms with Crippen LogP contribution in [0.25, 0.3) is 10.2 Å². The van der Waals surface area contributed by atoms with Gasteiger partial charge in [0, 0.05) is 21.5 Å². The van der Waals surface area contributed by atoms with Crippen LogP contribution in [0.5, 0.6) is 0 Å². The van der Waals surface area contributed by atoms with Gasteiger partial charge in [-0.1, -0.05) is 33.3 Å². The van der Waals surface area contributed by atoms with Crippen LogP contribution < -0.4 is 4.90 Å². The molecule has 0 saturated carbocycles. The number of fused-ring (bicyclic) bond motifs is 1. The molecule has 1 unspecified atom stereocenters. The molecule has 1 aromatic heterocycles. The Morgan fingerprint density at radius 2 is 2.26 bits per heavy atom. The van der Waals surface area contributed by atoms with Gasteiger partial charge in [-0.2, -0.15) is 0 Å². The number of ether oxygens (including phenoxy) is 1. The third-order valence-electron chi connectivity index (χ3n) is 4.54. The number of nitrogens with zero attached hydrogens (tertiary/aromatic N) is 2. The second kappa shape index (κ2) is 8.31. The summed E-state index contributed by atoms with van der Waals surface area (Å²) < 4.78 is 7.87. The molecular formula is C20H19BrN2O2S2. The van der Waals surface area contributed by atoms with Crippen LogP contribution in [-0.4, -0.2) is 36.4 Å². The van der Waals surface area contributed by atoms with Gasteiger partial charge in [-0.15, -0.1) is 11.8 Å². The predicted octanol–water partition coefficient (Wildman–Crippen LogP) is 5.61. The lowest BCUT2D eigenvalue weighted by Gasteiger charge is -2.23. The molecule has 0 bridgehead atoms. The second-order valence-electron chi connectivity index (χ2n) is 6.39. The van der Waals surface area contributed by atoms with Crippen LogP contribution in [0.2, 0.25) is 0 Å². The van der Waals surface area contributed by atoms with Crippen LogP contribution in [0.3, 0.4) is 0 Å². The lowest BCUT2D eigenvalue weighted by molar-refractivity contribution is 0.0917. The van der Waals surface area contributed by atoms with Crippen molar-refractivity contribution in [3.63, 3.8) is 0 Å². The van der Waals surface area contributed by atoms with Crippen molar-refractivity contribution in [2.75, 3.05) is 24.3 Å². The minimum atomic E-state index is -0.0282. The van der Waals surface area contributed by atoms with Gasteiger partial charge in [-0.3, -0.25) is 9.69 Å². The molecule has 1 aliphatic heterocycles. The van der Waals surface area contributed by atoms with Crippen LogP contribution in [0.4, 0.5) is 5.13 Å². The highest BCUT2D eigenvalue weighted by Gasteiger charge is 2.27. The predicted molar refractivity (Wildman–Crippen MR) is 116 cm³/mol. The first-order valence-electron chi connectivity index (χ1n) is 8.77. The summed E-state index contributed by atoms with van der Waals surface area (Å²) in [5.41, 5.74) is 1.58. The molecule has 1 saturated heterocycles. The average Bonchev–Trinajstić information content (AvgIpc) is 3.34. The van der Waals surface area contributed by atoms with E-state index in [1.54, 1.807) is 16.7 Å². The Morgan fingerprint density at radius 1 is 1.37 bits per heavy atom. The highest BCUT2D eigenvalue weighted by Crippen LogP contribution is 2.32. The molecule has 27 heavy (non-hydrogen) atoms. The van der Waals surface area contributed by atoms with E-state index in [-0.39, 0.29) is 12.0 Å². The molecule has 1 atom stereocenters. The van der Waals surface area contributed by atoms with Crippen molar-refractivity contribution in [2.24, 2.45) is 0 Å². The molecule has 4 rings (SSSR count). The maximum Gasteiger partial charge on any atom is 0.260 e. The summed E-state index contributed by atoms with van der Waals surface area (Å²) in [5, 5.41) is 0.721. The van der Waals surface area contributed by atoms with E-state index in [1.807, 2.05) is 48.7 Å². The van der Waals surface area contributed by atoms with Crippen molar-refractivity contribution in [1.82, 2.24) is 4.98 Å². The Morgan fingerprint density at radius 3 is 3.04 bits per heavy atom. The molecule has 7 heteroatoms. The van der Waals surface area contributed by atoms with Crippen LogP contribution in [-0.2, 0) is 4.74 Å². The molecular weight excluding hydrogens is 444 g/mol. The molecule has 0 spiro atoms. The smallest absolute Gasteiger partial charge is 0.260 e. The Labute approximate surface area is 175 Å². The van der Waals surface area contributed by atoms with E-state index in [1.165, 1.54) is 11.3 Å². The summed E-state index contributed by atoms with van der Waals surface area (Å²) in [6.07, 6.45) is 4.10. The van der Waals surface area contributed by atoms with Gasteiger partial charge in [-0.25, -0.2) is 4.98 Å². The monoisotopic (exact) mass is 462 g/mol. The van der Waals surface area contributed by atoms with Gasteiger partial charge in [0.25, 0.3) is 5.91 Å². The van der Waals surface area contributed by atoms with Gasteiger partial charge in [0.1, 0.15) is 0 Å². The third kappa shape index (κ3) is 4.21. The van der Waals surface area contributed by atoms with Gasteiger partial charge in [-0.05, 0) is 55.5 Å². The molecule has 4 nitrogen and oxygen atoms in total. The van der Waals surface area contributed by atoms with Gasteiger partial charge < -0.3 is 4.74 Å². The fourth-order valence-electron chi connectivity index (χ4n) is 3.15. The van der Waals surface area contributed by atoms with Crippen molar-refractivity contribution in [2.45, 2.75) is 23.8 Å². The van der Waals surface area contributed by atoms with E-state index in [0.29, 0.717) is 12.1 Å². The SMILES string of the molecule is CSc1cccc(C(=O)N(CC2CCCO2)c2nc3ccc(Br)cc3s2)c1. The normalized spacial score (nSPS) is 16.7. The van der Waals surface area contributed by atoms with E-state index >= 15 is 0 Å². The number of thioether (sulfide) groups is 1. The highest BCUT2D eigenvalue weighted by atomic mass is 79.9. The number of thiazole rings is 1. The van der Waals surface area contributed by atoms with Crippen LogP contribution in [0.1, 0.15) is 23.2 Å². The van der Waals surface area contributed by atoms with E-state index in [9.17, 15) is 4.79 Å². The van der Waals surface area contributed by atoms with Gasteiger partial charge in [0.15, 0.2) is 5.13 Å². The first-order valence-corrected chi connectivity index (χ1v) is 11.6. The summed E-state index contributed by atoms with van der Waals surface area (Å²) in [6, 6.07) is 13.7. The number of rotatable bonds is 5. The summed E-state index contributed by atoms with van der Waals surface area (Å²) in [4.78, 5) is 21.0. The Kier molecular flexibility index (Phi) is 5.82. The topological polar surface area (TPSA) is 42.4 Å². The van der Waals surface area contributed by atoms with Crippen molar-refractivity contribution < 1.29 is 9.53 Å². The molecule has 0 aliphatic carbocycles. The standard InChI is InChI=1S/C20H19BrN2O2S2/c1-26-16-6-2-4-13(10-16)19(24)23(12-15-5-3-9-25-15)20-22-17-8-7-14(21)11-18(17)27-20/h2,4,6-8,10-11,15H,3,5,9,12H2,1H3. The number of hydrogen-bond acceptors (Lipinski definition) is 5. The number of anilines is 1. The van der Waals surface area contributed by atoms with Gasteiger partial charge in [0.2, 0.25) is 0 Å². The summed E-state index contributed by atoms with van der Waals surface area (Å²) >= 11 is 6.68. The second-order valence-corrected chi connectivity index (χ2v) is 9.20. The minimum Gasteiger partial charge on any atom is -0.376 e. The van der Waals surface area contributed by atoms with Gasteiger partial charge >= 0.3 is 0 Å². The average molecular weight is 463 g/mol. The quantitative estimate of drug-likeness (QED) is 0.462. The van der Waals surface area contributed by atoms with Crippen LogP contribution >= 0.6 is 39.0 Å². The number of carbonyl (C=O) groups excluding carboxylic acids is 1. The van der Waals surface area contributed by atoms with Crippen molar-refractivity contribution in [3.05, 3.63) is 52.5 Å². The molecule has 2 heterocycles. The largest absolute Gasteiger partial charge is 0.376 e. The molecule has 0 radical (unpaired) electrons. The molecule has 1 aliphatic rings.